The van der Waals surface area contributed by atoms with Gasteiger partial charge >= 0.3 is 5.97 Å². The van der Waals surface area contributed by atoms with E-state index in [0.717, 1.165) is 18.7 Å². The topological polar surface area (TPSA) is 101 Å². The van der Waals surface area contributed by atoms with Gasteiger partial charge in [-0.25, -0.2) is 4.98 Å². The first kappa shape index (κ1) is 15.7. The van der Waals surface area contributed by atoms with Crippen LogP contribution in [0.3, 0.4) is 0 Å². The summed E-state index contributed by atoms with van der Waals surface area (Å²) < 4.78 is 1.86. The molecule has 0 saturated carbocycles. The summed E-state index contributed by atoms with van der Waals surface area (Å²) in [4.78, 5) is 29.5. The number of hydrogen-bond donors (Lipinski definition) is 2. The molecule has 7 heteroatoms. The SMILES string of the molecule is CCCn1nccc1/C=C/c1nc(C)c(CC(=O)O)c(=O)[nH]1. The summed E-state index contributed by atoms with van der Waals surface area (Å²) in [6.07, 6.45) is 5.86. The average molecular weight is 302 g/mol. The van der Waals surface area contributed by atoms with Gasteiger partial charge in [-0.1, -0.05) is 6.92 Å². The first-order chi connectivity index (χ1) is 10.5. The van der Waals surface area contributed by atoms with E-state index in [9.17, 15) is 9.59 Å². The lowest BCUT2D eigenvalue weighted by Gasteiger charge is -2.03. The molecule has 22 heavy (non-hydrogen) atoms. The molecular weight excluding hydrogens is 284 g/mol. The van der Waals surface area contributed by atoms with Crippen LogP contribution in [0.1, 0.15) is 36.1 Å². The monoisotopic (exact) mass is 302 g/mol. The van der Waals surface area contributed by atoms with Gasteiger partial charge in [0.25, 0.3) is 5.56 Å². The molecule has 2 aromatic heterocycles. The zero-order chi connectivity index (χ0) is 16.1. The van der Waals surface area contributed by atoms with Crippen molar-refractivity contribution in [3.8, 4) is 0 Å². The number of aryl methyl sites for hydroxylation is 2. The van der Waals surface area contributed by atoms with Crippen molar-refractivity contribution >= 4 is 18.1 Å². The molecule has 0 atom stereocenters. The third-order valence-corrected chi connectivity index (χ3v) is 3.17. The van der Waals surface area contributed by atoms with Crippen LogP contribution in [0.15, 0.2) is 17.1 Å². The van der Waals surface area contributed by atoms with E-state index in [2.05, 4.69) is 22.0 Å². The molecule has 0 amide bonds. The maximum absolute atomic E-state index is 11.9. The highest BCUT2D eigenvalue weighted by molar-refractivity contribution is 5.70. The molecule has 2 N–H and O–H groups in total. The summed E-state index contributed by atoms with van der Waals surface area (Å²) in [5, 5.41) is 13.0. The third-order valence-electron chi connectivity index (χ3n) is 3.17. The number of nitrogens with one attached hydrogen (secondary N) is 1. The van der Waals surface area contributed by atoms with Crippen molar-refractivity contribution in [1.82, 2.24) is 19.7 Å². The number of aromatic nitrogens is 4. The Kier molecular flexibility index (Phi) is 4.88. The van der Waals surface area contributed by atoms with E-state index in [-0.39, 0.29) is 12.0 Å². The molecule has 7 nitrogen and oxygen atoms in total. The lowest BCUT2D eigenvalue weighted by molar-refractivity contribution is -0.136. The normalized spacial score (nSPS) is 11.2. The van der Waals surface area contributed by atoms with E-state index in [1.54, 1.807) is 19.2 Å². The van der Waals surface area contributed by atoms with Crippen molar-refractivity contribution < 1.29 is 9.90 Å². The second kappa shape index (κ2) is 6.84. The Hall–Kier alpha value is -2.70. The Morgan fingerprint density at radius 1 is 1.45 bits per heavy atom. The van der Waals surface area contributed by atoms with Gasteiger partial charge < -0.3 is 10.1 Å². The molecular formula is C15H18N4O3. The van der Waals surface area contributed by atoms with Gasteiger partial charge in [0.2, 0.25) is 0 Å². The van der Waals surface area contributed by atoms with Crippen molar-refractivity contribution in [3.05, 3.63) is 45.4 Å². The summed E-state index contributed by atoms with van der Waals surface area (Å²) in [6, 6.07) is 1.87. The van der Waals surface area contributed by atoms with Crippen molar-refractivity contribution in [1.29, 1.82) is 0 Å². The molecule has 2 rings (SSSR count). The maximum atomic E-state index is 11.9. The zero-order valence-electron chi connectivity index (χ0n) is 12.5. The Labute approximate surface area is 127 Å². The number of rotatable bonds is 6. The lowest BCUT2D eigenvalue weighted by atomic mass is 10.2. The van der Waals surface area contributed by atoms with E-state index in [4.69, 9.17) is 5.11 Å². The summed E-state index contributed by atoms with van der Waals surface area (Å²) in [5.41, 5.74) is 1.10. The number of carbonyl (C=O) groups is 1. The van der Waals surface area contributed by atoms with E-state index in [1.165, 1.54) is 0 Å². The predicted octanol–water partition coefficient (Wildman–Crippen LogP) is 1.48. The molecule has 0 fully saturated rings. The number of carboxylic acid groups (broad SMARTS) is 1. The van der Waals surface area contributed by atoms with Crippen LogP contribution in [-0.4, -0.2) is 30.8 Å². The molecule has 0 radical (unpaired) electrons. The molecule has 0 aliphatic rings. The van der Waals surface area contributed by atoms with Crippen LogP contribution in [0, 0.1) is 6.92 Å². The molecule has 2 aromatic rings. The molecule has 2 heterocycles. The minimum atomic E-state index is -1.05. The van der Waals surface area contributed by atoms with Crippen LogP contribution in [0.25, 0.3) is 12.2 Å². The summed E-state index contributed by atoms with van der Waals surface area (Å²) in [7, 11) is 0. The number of carboxylic acids is 1. The minimum Gasteiger partial charge on any atom is -0.481 e. The Morgan fingerprint density at radius 2 is 2.23 bits per heavy atom. The highest BCUT2D eigenvalue weighted by Crippen LogP contribution is 2.07. The fourth-order valence-electron chi connectivity index (χ4n) is 2.12. The van der Waals surface area contributed by atoms with Crippen LogP contribution in [0.2, 0.25) is 0 Å². The first-order valence-electron chi connectivity index (χ1n) is 7.02. The van der Waals surface area contributed by atoms with Crippen molar-refractivity contribution in [2.75, 3.05) is 0 Å². The number of nitrogens with zero attached hydrogens (tertiary/aromatic N) is 3. The quantitative estimate of drug-likeness (QED) is 0.841. The van der Waals surface area contributed by atoms with Crippen LogP contribution in [-0.2, 0) is 17.8 Å². The molecule has 0 unspecified atom stereocenters. The van der Waals surface area contributed by atoms with E-state index >= 15 is 0 Å². The second-order valence-corrected chi connectivity index (χ2v) is 4.90. The van der Waals surface area contributed by atoms with Gasteiger partial charge in [-0.15, -0.1) is 0 Å². The zero-order valence-corrected chi connectivity index (χ0v) is 12.5. The van der Waals surface area contributed by atoms with Gasteiger partial charge in [-0.05, 0) is 31.6 Å². The summed E-state index contributed by atoms with van der Waals surface area (Å²) in [5.74, 6) is -0.664. The fourth-order valence-corrected chi connectivity index (χ4v) is 2.12. The van der Waals surface area contributed by atoms with Gasteiger partial charge in [0.1, 0.15) is 5.82 Å². The van der Waals surface area contributed by atoms with Gasteiger partial charge in [0, 0.05) is 24.0 Å². The highest BCUT2D eigenvalue weighted by atomic mass is 16.4. The summed E-state index contributed by atoms with van der Waals surface area (Å²) >= 11 is 0. The Morgan fingerprint density at radius 3 is 2.86 bits per heavy atom. The van der Waals surface area contributed by atoms with Gasteiger partial charge in [0.15, 0.2) is 0 Å². The van der Waals surface area contributed by atoms with Crippen molar-refractivity contribution in [2.45, 2.75) is 33.2 Å². The van der Waals surface area contributed by atoms with Crippen LogP contribution < -0.4 is 5.56 Å². The second-order valence-electron chi connectivity index (χ2n) is 4.90. The molecule has 0 aliphatic carbocycles. The predicted molar refractivity (Wildman–Crippen MR) is 82.4 cm³/mol. The van der Waals surface area contributed by atoms with Crippen LogP contribution in [0.5, 0.6) is 0 Å². The number of aromatic amines is 1. The average Bonchev–Trinajstić information content (AvgIpc) is 2.88. The van der Waals surface area contributed by atoms with E-state index in [0.29, 0.717) is 11.5 Å². The van der Waals surface area contributed by atoms with Crippen molar-refractivity contribution in [2.24, 2.45) is 0 Å². The summed E-state index contributed by atoms with van der Waals surface area (Å²) in [6.45, 7) is 4.51. The number of hydrogen-bond acceptors (Lipinski definition) is 4. The molecule has 0 saturated heterocycles. The smallest absolute Gasteiger partial charge is 0.308 e. The minimum absolute atomic E-state index is 0.181. The molecule has 116 valence electrons. The first-order valence-corrected chi connectivity index (χ1v) is 7.02. The number of H-pyrrole nitrogens is 1. The van der Waals surface area contributed by atoms with Gasteiger partial charge in [-0.3, -0.25) is 14.3 Å². The molecule has 0 aliphatic heterocycles. The fraction of sp³-hybridized carbons (Fsp3) is 0.333. The molecule has 0 spiro atoms. The highest BCUT2D eigenvalue weighted by Gasteiger charge is 2.10. The third kappa shape index (κ3) is 3.69. The molecule has 0 aromatic carbocycles. The Balaban J connectivity index is 2.27. The van der Waals surface area contributed by atoms with Crippen LogP contribution in [0.4, 0.5) is 0 Å². The van der Waals surface area contributed by atoms with Crippen molar-refractivity contribution in [3.63, 3.8) is 0 Å². The van der Waals surface area contributed by atoms with Gasteiger partial charge in [-0.2, -0.15) is 5.10 Å². The largest absolute Gasteiger partial charge is 0.481 e. The van der Waals surface area contributed by atoms with E-state index < -0.39 is 11.5 Å². The standard InChI is InChI=1S/C15H18N4O3/c1-3-8-19-11(6-7-16-19)4-5-13-17-10(2)12(9-14(20)21)15(22)18-13/h4-7H,3,8-9H2,1-2H3,(H,20,21)(H,17,18,22)/b5-4+. The lowest BCUT2D eigenvalue weighted by Crippen LogP contribution is -2.20. The van der Waals surface area contributed by atoms with E-state index in [1.807, 2.05) is 16.8 Å². The number of aliphatic carboxylic acids is 1. The van der Waals surface area contributed by atoms with Gasteiger partial charge in [0.05, 0.1) is 12.1 Å². The molecule has 0 bridgehead atoms. The Bertz CT molecular complexity index is 758. The maximum Gasteiger partial charge on any atom is 0.308 e. The van der Waals surface area contributed by atoms with Crippen LogP contribution >= 0.6 is 0 Å².